The lowest BCUT2D eigenvalue weighted by Gasteiger charge is -2.04. The fourth-order valence-electron chi connectivity index (χ4n) is 0.732. The molecule has 1 aromatic rings. The standard InChI is InChI=1S/C7H8O4S2/c1-5(7(8)9)13(10,11)6-3-2-4-12-6/h2-5H,1H3,(H,8,9). The lowest BCUT2D eigenvalue weighted by Crippen LogP contribution is -2.26. The first-order chi connectivity index (χ1) is 5.96. The van der Waals surface area contributed by atoms with Crippen LogP contribution in [0.1, 0.15) is 6.92 Å². The summed E-state index contributed by atoms with van der Waals surface area (Å²) in [5, 5.41) is 8.76. The Kier molecular flexibility index (Phi) is 2.72. The van der Waals surface area contributed by atoms with Crippen molar-refractivity contribution < 1.29 is 18.3 Å². The van der Waals surface area contributed by atoms with Crippen molar-refractivity contribution in [1.82, 2.24) is 0 Å². The molecule has 72 valence electrons. The normalized spacial score (nSPS) is 13.9. The predicted molar refractivity (Wildman–Crippen MR) is 48.6 cm³/mol. The highest BCUT2D eigenvalue weighted by Crippen LogP contribution is 2.21. The van der Waals surface area contributed by atoms with Crippen LogP contribution in [0.5, 0.6) is 0 Å². The van der Waals surface area contributed by atoms with Crippen molar-refractivity contribution in [2.45, 2.75) is 16.4 Å². The molecule has 0 aromatic carbocycles. The first kappa shape index (κ1) is 10.2. The van der Waals surface area contributed by atoms with Gasteiger partial charge in [-0.25, -0.2) is 8.42 Å². The Hall–Kier alpha value is -0.880. The largest absolute Gasteiger partial charge is 0.480 e. The molecule has 0 bridgehead atoms. The van der Waals surface area contributed by atoms with Crippen LogP contribution in [-0.4, -0.2) is 24.7 Å². The summed E-state index contributed by atoms with van der Waals surface area (Å²) in [6.07, 6.45) is 0. The van der Waals surface area contributed by atoms with E-state index in [0.717, 1.165) is 18.3 Å². The molecule has 1 heterocycles. The SMILES string of the molecule is CC(C(=O)O)S(=O)(=O)c1cccs1. The number of thiophene rings is 1. The predicted octanol–water partition coefficient (Wildman–Crippen LogP) is 0.995. The van der Waals surface area contributed by atoms with Gasteiger partial charge in [0.15, 0.2) is 5.25 Å². The molecule has 0 aliphatic rings. The van der Waals surface area contributed by atoms with Crippen LogP contribution in [0.3, 0.4) is 0 Å². The van der Waals surface area contributed by atoms with Crippen LogP contribution in [-0.2, 0) is 14.6 Å². The van der Waals surface area contributed by atoms with E-state index in [1.165, 1.54) is 6.07 Å². The number of carboxylic acid groups (broad SMARTS) is 1. The fourth-order valence-corrected chi connectivity index (χ4v) is 3.20. The van der Waals surface area contributed by atoms with E-state index in [-0.39, 0.29) is 4.21 Å². The Morgan fingerprint density at radius 2 is 2.23 bits per heavy atom. The van der Waals surface area contributed by atoms with Gasteiger partial charge in [0.1, 0.15) is 4.21 Å². The van der Waals surface area contributed by atoms with Gasteiger partial charge in [-0.1, -0.05) is 6.07 Å². The maximum absolute atomic E-state index is 11.5. The zero-order valence-electron chi connectivity index (χ0n) is 6.80. The van der Waals surface area contributed by atoms with Crippen molar-refractivity contribution >= 4 is 27.1 Å². The van der Waals surface area contributed by atoms with E-state index < -0.39 is 21.1 Å². The molecule has 0 aliphatic heterocycles. The Labute approximate surface area is 79.7 Å². The minimum absolute atomic E-state index is 0.0994. The Balaban J connectivity index is 3.11. The molecule has 0 saturated heterocycles. The molecule has 0 fully saturated rings. The quantitative estimate of drug-likeness (QED) is 0.824. The van der Waals surface area contributed by atoms with Crippen LogP contribution in [0.2, 0.25) is 0 Å². The fraction of sp³-hybridized carbons (Fsp3) is 0.286. The van der Waals surface area contributed by atoms with Crippen molar-refractivity contribution in [2.24, 2.45) is 0 Å². The number of aliphatic carboxylic acids is 1. The average Bonchev–Trinajstić information content (AvgIpc) is 2.54. The summed E-state index contributed by atoms with van der Waals surface area (Å²) in [5.41, 5.74) is 0. The third kappa shape index (κ3) is 1.89. The van der Waals surface area contributed by atoms with E-state index >= 15 is 0 Å². The monoisotopic (exact) mass is 220 g/mol. The first-order valence-electron chi connectivity index (χ1n) is 3.46. The van der Waals surface area contributed by atoms with Gasteiger partial charge < -0.3 is 5.11 Å². The summed E-state index contributed by atoms with van der Waals surface area (Å²) in [6, 6.07) is 2.98. The van der Waals surface area contributed by atoms with Crippen LogP contribution >= 0.6 is 11.3 Å². The van der Waals surface area contributed by atoms with Crippen molar-refractivity contribution in [1.29, 1.82) is 0 Å². The Morgan fingerprint density at radius 1 is 1.62 bits per heavy atom. The summed E-state index contributed by atoms with van der Waals surface area (Å²) < 4.78 is 23.0. The van der Waals surface area contributed by atoms with Crippen LogP contribution in [0.25, 0.3) is 0 Å². The molecular formula is C7H8O4S2. The minimum atomic E-state index is -3.68. The van der Waals surface area contributed by atoms with Crippen molar-refractivity contribution in [3.63, 3.8) is 0 Å². The summed E-state index contributed by atoms with van der Waals surface area (Å²) in [4.78, 5) is 10.5. The number of sulfone groups is 1. The third-order valence-corrected chi connectivity index (χ3v) is 5.07. The summed E-state index contributed by atoms with van der Waals surface area (Å²) in [7, 11) is -3.68. The highest BCUT2D eigenvalue weighted by atomic mass is 32.2. The smallest absolute Gasteiger partial charge is 0.322 e. The van der Waals surface area contributed by atoms with Gasteiger partial charge in [-0.2, -0.15) is 0 Å². The van der Waals surface area contributed by atoms with Crippen LogP contribution in [0, 0.1) is 0 Å². The number of carboxylic acids is 1. The number of hydrogen-bond donors (Lipinski definition) is 1. The van der Waals surface area contributed by atoms with Crippen LogP contribution < -0.4 is 0 Å². The van der Waals surface area contributed by atoms with Crippen molar-refractivity contribution in [2.75, 3.05) is 0 Å². The van der Waals surface area contributed by atoms with Gasteiger partial charge in [-0.05, 0) is 18.4 Å². The molecular weight excluding hydrogens is 212 g/mol. The molecule has 1 unspecified atom stereocenters. The molecule has 6 heteroatoms. The van der Waals surface area contributed by atoms with Gasteiger partial charge in [-0.3, -0.25) is 4.79 Å². The average molecular weight is 220 g/mol. The molecule has 1 atom stereocenters. The van der Waals surface area contributed by atoms with Gasteiger partial charge in [0.2, 0.25) is 9.84 Å². The number of rotatable bonds is 3. The van der Waals surface area contributed by atoms with Crippen LogP contribution in [0.15, 0.2) is 21.7 Å². The number of hydrogen-bond acceptors (Lipinski definition) is 4. The highest BCUT2D eigenvalue weighted by Gasteiger charge is 2.29. The van der Waals surface area contributed by atoms with Gasteiger partial charge in [-0.15, -0.1) is 11.3 Å². The molecule has 0 spiro atoms. The van der Waals surface area contributed by atoms with Crippen molar-refractivity contribution in [3.05, 3.63) is 17.5 Å². The lowest BCUT2D eigenvalue weighted by molar-refractivity contribution is -0.136. The summed E-state index contributed by atoms with van der Waals surface area (Å²) in [6.45, 7) is 1.16. The number of carbonyl (C=O) groups is 1. The maximum Gasteiger partial charge on any atom is 0.322 e. The maximum atomic E-state index is 11.5. The minimum Gasteiger partial charge on any atom is -0.480 e. The second-order valence-corrected chi connectivity index (χ2v) is 5.90. The van der Waals surface area contributed by atoms with Gasteiger partial charge in [0.25, 0.3) is 0 Å². The van der Waals surface area contributed by atoms with Crippen molar-refractivity contribution in [3.8, 4) is 0 Å². The third-order valence-electron chi connectivity index (χ3n) is 1.59. The van der Waals surface area contributed by atoms with E-state index in [4.69, 9.17) is 5.11 Å². The zero-order chi connectivity index (χ0) is 10.1. The van der Waals surface area contributed by atoms with E-state index in [1.807, 2.05) is 0 Å². The van der Waals surface area contributed by atoms with E-state index in [2.05, 4.69) is 0 Å². The van der Waals surface area contributed by atoms with Gasteiger partial charge >= 0.3 is 5.97 Å². The molecule has 0 amide bonds. The summed E-state index contributed by atoms with van der Waals surface area (Å²) in [5.74, 6) is -1.33. The highest BCUT2D eigenvalue weighted by molar-refractivity contribution is 7.94. The zero-order valence-corrected chi connectivity index (χ0v) is 8.43. The second kappa shape index (κ2) is 3.47. The van der Waals surface area contributed by atoms with E-state index in [1.54, 1.807) is 11.4 Å². The topological polar surface area (TPSA) is 71.4 Å². The Morgan fingerprint density at radius 3 is 2.62 bits per heavy atom. The van der Waals surface area contributed by atoms with Gasteiger partial charge in [0, 0.05) is 0 Å². The van der Waals surface area contributed by atoms with Gasteiger partial charge in [0.05, 0.1) is 0 Å². The molecule has 0 radical (unpaired) electrons. The summed E-state index contributed by atoms with van der Waals surface area (Å²) >= 11 is 1.02. The second-order valence-electron chi connectivity index (χ2n) is 2.46. The molecule has 1 N–H and O–H groups in total. The van der Waals surface area contributed by atoms with E-state index in [0.29, 0.717) is 0 Å². The molecule has 1 aromatic heterocycles. The molecule has 0 saturated carbocycles. The molecule has 1 rings (SSSR count). The first-order valence-corrected chi connectivity index (χ1v) is 5.89. The lowest BCUT2D eigenvalue weighted by atomic mass is 10.5. The van der Waals surface area contributed by atoms with E-state index in [9.17, 15) is 13.2 Å². The molecule has 4 nitrogen and oxygen atoms in total. The Bertz CT molecular complexity index is 390. The molecule has 0 aliphatic carbocycles. The molecule has 13 heavy (non-hydrogen) atoms. The van der Waals surface area contributed by atoms with Crippen LogP contribution in [0.4, 0.5) is 0 Å².